The molecule has 3 N–H and O–H groups in total. The van der Waals surface area contributed by atoms with Gasteiger partial charge in [-0.1, -0.05) is 12.1 Å². The Kier molecular flexibility index (Phi) is 5.52. The summed E-state index contributed by atoms with van der Waals surface area (Å²) in [6.07, 6.45) is 0. The summed E-state index contributed by atoms with van der Waals surface area (Å²) in [5.41, 5.74) is 8.93. The number of fused-ring (bicyclic) bond motifs is 1. The first-order valence-corrected chi connectivity index (χ1v) is 9.67. The Labute approximate surface area is 184 Å². The van der Waals surface area contributed by atoms with Crippen molar-refractivity contribution in [3.63, 3.8) is 0 Å². The summed E-state index contributed by atoms with van der Waals surface area (Å²) >= 11 is 0. The molecule has 32 heavy (non-hydrogen) atoms. The summed E-state index contributed by atoms with van der Waals surface area (Å²) in [4.78, 5) is 0. The number of benzene rings is 2. The van der Waals surface area contributed by atoms with Gasteiger partial charge in [0.05, 0.1) is 45.6 Å². The van der Waals surface area contributed by atoms with Gasteiger partial charge in [-0.25, -0.2) is 0 Å². The minimum absolute atomic E-state index is 0.0227. The number of H-pyrrole nitrogens is 1. The lowest BCUT2D eigenvalue weighted by molar-refractivity contribution is 0.348. The monoisotopic (exact) mass is 434 g/mol. The number of nitriles is 1. The van der Waals surface area contributed by atoms with Gasteiger partial charge < -0.3 is 29.4 Å². The lowest BCUT2D eigenvalue weighted by Crippen LogP contribution is -2.21. The number of rotatable bonds is 6. The molecule has 164 valence electrons. The van der Waals surface area contributed by atoms with E-state index in [1.54, 1.807) is 46.6 Å². The molecule has 1 aliphatic heterocycles. The minimum Gasteiger partial charge on any atom is -0.497 e. The molecule has 9 heteroatoms. The highest BCUT2D eigenvalue weighted by Crippen LogP contribution is 2.50. The largest absolute Gasteiger partial charge is 0.497 e. The van der Waals surface area contributed by atoms with E-state index >= 15 is 0 Å². The molecule has 0 radical (unpaired) electrons. The van der Waals surface area contributed by atoms with E-state index in [9.17, 15) is 5.26 Å². The molecule has 1 aliphatic rings. The van der Waals surface area contributed by atoms with Crippen LogP contribution in [0.25, 0.3) is 11.3 Å². The SMILES string of the molecule is COc1ccc(OC)c(-c2[nH]nc3c2[C@@H](c2cccc(OC)c2OC)C(C#N)=C(N)O3)c1. The summed E-state index contributed by atoms with van der Waals surface area (Å²) in [5, 5.41) is 17.3. The van der Waals surface area contributed by atoms with Gasteiger partial charge in [0.2, 0.25) is 11.8 Å². The van der Waals surface area contributed by atoms with Crippen LogP contribution >= 0.6 is 0 Å². The van der Waals surface area contributed by atoms with Crippen LogP contribution in [-0.4, -0.2) is 38.6 Å². The molecule has 9 nitrogen and oxygen atoms in total. The normalized spacial score (nSPS) is 14.8. The molecule has 0 saturated heterocycles. The van der Waals surface area contributed by atoms with Crippen molar-refractivity contribution in [3.8, 4) is 46.2 Å². The van der Waals surface area contributed by atoms with E-state index < -0.39 is 5.92 Å². The van der Waals surface area contributed by atoms with Crippen LogP contribution in [0.2, 0.25) is 0 Å². The number of methoxy groups -OCH3 is 4. The molecule has 1 aromatic heterocycles. The molecule has 1 atom stereocenters. The maximum Gasteiger partial charge on any atom is 0.244 e. The van der Waals surface area contributed by atoms with Gasteiger partial charge >= 0.3 is 0 Å². The molecule has 0 spiro atoms. The van der Waals surface area contributed by atoms with Crippen LogP contribution in [0.5, 0.6) is 28.9 Å². The number of para-hydroxylation sites is 1. The van der Waals surface area contributed by atoms with E-state index in [-0.39, 0.29) is 17.3 Å². The number of nitrogens with two attached hydrogens (primary N) is 1. The number of hydrogen-bond acceptors (Lipinski definition) is 8. The number of ether oxygens (including phenoxy) is 5. The van der Waals surface area contributed by atoms with Gasteiger partial charge in [0.25, 0.3) is 0 Å². The van der Waals surface area contributed by atoms with E-state index in [4.69, 9.17) is 29.4 Å². The highest BCUT2D eigenvalue weighted by Gasteiger charge is 2.38. The topological polar surface area (TPSA) is 125 Å². The molecular formula is C23H22N4O5. The summed E-state index contributed by atoms with van der Waals surface area (Å²) in [5.74, 6) is 1.85. The number of allylic oxidation sites excluding steroid dienone is 1. The molecular weight excluding hydrogens is 412 g/mol. The number of aromatic amines is 1. The molecule has 0 aliphatic carbocycles. The molecule has 0 bridgehead atoms. The highest BCUT2D eigenvalue weighted by atomic mass is 16.5. The number of nitrogens with one attached hydrogen (secondary N) is 1. The lowest BCUT2D eigenvalue weighted by atomic mass is 9.82. The third kappa shape index (κ3) is 3.22. The Hall–Kier alpha value is -4.32. The van der Waals surface area contributed by atoms with Crippen LogP contribution in [-0.2, 0) is 0 Å². The van der Waals surface area contributed by atoms with Crippen LogP contribution in [0, 0.1) is 11.3 Å². The first kappa shape index (κ1) is 20.9. The van der Waals surface area contributed by atoms with Crippen molar-refractivity contribution in [2.24, 2.45) is 5.73 Å². The molecule has 0 unspecified atom stereocenters. The fourth-order valence-electron chi connectivity index (χ4n) is 3.91. The van der Waals surface area contributed by atoms with Crippen LogP contribution in [0.1, 0.15) is 17.0 Å². The van der Waals surface area contributed by atoms with Gasteiger partial charge in [-0.15, -0.1) is 5.10 Å². The first-order valence-electron chi connectivity index (χ1n) is 9.67. The summed E-state index contributed by atoms with van der Waals surface area (Å²) in [6, 6.07) is 13.1. The van der Waals surface area contributed by atoms with Crippen LogP contribution in [0.3, 0.4) is 0 Å². The maximum atomic E-state index is 9.98. The Bertz CT molecular complexity index is 1240. The zero-order chi connectivity index (χ0) is 22.8. The Balaban J connectivity index is 2.02. The third-order valence-corrected chi connectivity index (χ3v) is 5.36. The van der Waals surface area contributed by atoms with Crippen LogP contribution < -0.4 is 29.4 Å². The van der Waals surface area contributed by atoms with Gasteiger partial charge in [0.15, 0.2) is 11.5 Å². The standard InChI is InChI=1S/C23H22N4O5/c1-28-12-8-9-16(29-2)14(10-12)20-19-18(13-6-5-7-17(30-3)21(13)31-4)15(11-24)22(25)32-23(19)27-26-20/h5-10,18H,25H2,1-4H3,(H,26,27)/t18-/m0/s1. The Morgan fingerprint density at radius 2 is 1.81 bits per heavy atom. The van der Waals surface area contributed by atoms with Crippen molar-refractivity contribution in [1.29, 1.82) is 5.26 Å². The molecule has 2 heterocycles. The fourth-order valence-corrected chi connectivity index (χ4v) is 3.91. The second-order valence-electron chi connectivity index (χ2n) is 6.89. The smallest absolute Gasteiger partial charge is 0.244 e. The zero-order valence-electron chi connectivity index (χ0n) is 18.1. The van der Waals surface area contributed by atoms with E-state index in [1.807, 2.05) is 18.2 Å². The average molecular weight is 434 g/mol. The molecule has 0 amide bonds. The van der Waals surface area contributed by atoms with Gasteiger partial charge in [0, 0.05) is 11.1 Å². The number of nitrogens with zero attached hydrogens (tertiary/aromatic N) is 2. The summed E-state index contributed by atoms with van der Waals surface area (Å²) in [7, 11) is 6.25. The minimum atomic E-state index is -0.626. The number of aromatic nitrogens is 2. The van der Waals surface area contributed by atoms with Crippen molar-refractivity contribution in [1.82, 2.24) is 10.2 Å². The predicted octanol–water partition coefficient (Wildman–Crippen LogP) is 3.33. The molecule has 0 fully saturated rings. The zero-order valence-corrected chi connectivity index (χ0v) is 18.1. The Morgan fingerprint density at radius 1 is 1.03 bits per heavy atom. The quantitative estimate of drug-likeness (QED) is 0.605. The summed E-state index contributed by atoms with van der Waals surface area (Å²) < 4.78 is 27.8. The van der Waals surface area contributed by atoms with Gasteiger partial charge in [-0.2, -0.15) is 5.26 Å². The van der Waals surface area contributed by atoms with Crippen LogP contribution in [0.15, 0.2) is 47.9 Å². The van der Waals surface area contributed by atoms with Crippen molar-refractivity contribution in [2.45, 2.75) is 5.92 Å². The van der Waals surface area contributed by atoms with Crippen molar-refractivity contribution >= 4 is 0 Å². The summed E-state index contributed by atoms with van der Waals surface area (Å²) in [6.45, 7) is 0. The van der Waals surface area contributed by atoms with E-state index in [0.29, 0.717) is 45.4 Å². The first-order chi connectivity index (χ1) is 15.6. The average Bonchev–Trinajstić information content (AvgIpc) is 3.25. The van der Waals surface area contributed by atoms with Gasteiger partial charge in [-0.3, -0.25) is 5.10 Å². The predicted molar refractivity (Wildman–Crippen MR) is 116 cm³/mol. The van der Waals surface area contributed by atoms with E-state index in [1.165, 1.54) is 0 Å². The second kappa shape index (κ2) is 8.43. The fraction of sp³-hybridized carbons (Fsp3) is 0.217. The molecule has 3 aromatic rings. The van der Waals surface area contributed by atoms with Crippen LogP contribution in [0.4, 0.5) is 0 Å². The second-order valence-corrected chi connectivity index (χ2v) is 6.89. The lowest BCUT2D eigenvalue weighted by Gasteiger charge is -2.26. The number of hydrogen-bond donors (Lipinski definition) is 2. The molecule has 2 aromatic carbocycles. The van der Waals surface area contributed by atoms with Gasteiger partial charge in [-0.05, 0) is 24.3 Å². The van der Waals surface area contributed by atoms with Crippen molar-refractivity contribution < 1.29 is 23.7 Å². The third-order valence-electron chi connectivity index (χ3n) is 5.36. The van der Waals surface area contributed by atoms with E-state index in [0.717, 1.165) is 0 Å². The van der Waals surface area contributed by atoms with E-state index in [2.05, 4.69) is 16.3 Å². The maximum absolute atomic E-state index is 9.98. The van der Waals surface area contributed by atoms with Crippen molar-refractivity contribution in [3.05, 3.63) is 59.0 Å². The van der Waals surface area contributed by atoms with Crippen molar-refractivity contribution in [2.75, 3.05) is 28.4 Å². The molecule has 0 saturated carbocycles. The van der Waals surface area contributed by atoms with Gasteiger partial charge in [0.1, 0.15) is 23.1 Å². The molecule has 4 rings (SSSR count). The highest BCUT2D eigenvalue weighted by molar-refractivity contribution is 5.77. The Morgan fingerprint density at radius 3 is 2.47 bits per heavy atom.